The highest BCUT2D eigenvalue weighted by molar-refractivity contribution is 5.94. The van der Waals surface area contributed by atoms with E-state index >= 15 is 0 Å². The molecule has 1 heterocycles. The number of nitriles is 1. The van der Waals surface area contributed by atoms with Crippen LogP contribution in [-0.2, 0) is 4.74 Å². The number of fused-ring (bicyclic) bond motifs is 1. The fourth-order valence-corrected chi connectivity index (χ4v) is 2.57. The van der Waals surface area contributed by atoms with Crippen molar-refractivity contribution in [2.75, 3.05) is 25.2 Å². The van der Waals surface area contributed by atoms with Crippen LogP contribution in [0.15, 0.2) is 30.5 Å². The Morgan fingerprint density at radius 2 is 2.20 bits per heavy atom. The molecule has 0 amide bonds. The molecule has 1 aliphatic carbocycles. The summed E-state index contributed by atoms with van der Waals surface area (Å²) in [5, 5.41) is 10.5. The smallest absolute Gasteiger partial charge is 0.103 e. The summed E-state index contributed by atoms with van der Waals surface area (Å²) in [7, 11) is 1.71. The predicted octanol–water partition coefficient (Wildman–Crippen LogP) is 2.72. The fraction of sp³-hybridized carbons (Fsp3) is 0.375. The van der Waals surface area contributed by atoms with Crippen LogP contribution in [0.1, 0.15) is 18.4 Å². The standard InChI is InChI=1S/C16H17N3O/c1-20-9-8-19(13-6-7-13)16-12(10-17)11-18-15-5-3-2-4-14(15)16/h2-5,11,13H,6-9H2,1H3. The molecule has 3 rings (SSSR count). The van der Waals surface area contributed by atoms with E-state index in [2.05, 4.69) is 16.0 Å². The van der Waals surface area contributed by atoms with Crippen molar-refractivity contribution < 1.29 is 4.74 Å². The molecule has 0 bridgehead atoms. The van der Waals surface area contributed by atoms with Gasteiger partial charge in [-0.3, -0.25) is 4.98 Å². The van der Waals surface area contributed by atoms with Crippen LogP contribution in [0.2, 0.25) is 0 Å². The van der Waals surface area contributed by atoms with Gasteiger partial charge in [-0.05, 0) is 18.9 Å². The molecule has 4 heteroatoms. The van der Waals surface area contributed by atoms with E-state index < -0.39 is 0 Å². The SMILES string of the molecule is COCCN(c1c(C#N)cnc2ccccc12)C1CC1. The third kappa shape index (κ3) is 2.33. The monoisotopic (exact) mass is 267 g/mol. The van der Waals surface area contributed by atoms with E-state index in [1.807, 2.05) is 24.3 Å². The maximum absolute atomic E-state index is 9.41. The average Bonchev–Trinajstić information content (AvgIpc) is 3.32. The van der Waals surface area contributed by atoms with Crippen molar-refractivity contribution in [3.8, 4) is 6.07 Å². The van der Waals surface area contributed by atoms with Gasteiger partial charge in [0.1, 0.15) is 6.07 Å². The number of nitrogens with zero attached hydrogens (tertiary/aromatic N) is 3. The molecule has 102 valence electrons. The third-order valence-corrected chi connectivity index (χ3v) is 3.68. The molecule has 0 unspecified atom stereocenters. The molecular formula is C16H17N3O. The number of methoxy groups -OCH3 is 1. The third-order valence-electron chi connectivity index (χ3n) is 3.68. The van der Waals surface area contributed by atoms with Gasteiger partial charge in [0.25, 0.3) is 0 Å². The molecule has 0 spiro atoms. The van der Waals surface area contributed by atoms with Gasteiger partial charge in [0.2, 0.25) is 0 Å². The van der Waals surface area contributed by atoms with Gasteiger partial charge >= 0.3 is 0 Å². The summed E-state index contributed by atoms with van der Waals surface area (Å²) in [4.78, 5) is 6.69. The van der Waals surface area contributed by atoms with Crippen molar-refractivity contribution in [2.24, 2.45) is 0 Å². The van der Waals surface area contributed by atoms with Crippen LogP contribution in [0.5, 0.6) is 0 Å². The summed E-state index contributed by atoms with van der Waals surface area (Å²) in [6.07, 6.45) is 4.05. The second-order valence-electron chi connectivity index (χ2n) is 5.07. The number of aromatic nitrogens is 1. The van der Waals surface area contributed by atoms with Gasteiger partial charge in [-0.2, -0.15) is 5.26 Å². The summed E-state index contributed by atoms with van der Waals surface area (Å²) in [5.74, 6) is 0. The Bertz CT molecular complexity index is 658. The summed E-state index contributed by atoms with van der Waals surface area (Å²) in [6, 6.07) is 10.8. The lowest BCUT2D eigenvalue weighted by Gasteiger charge is -2.26. The summed E-state index contributed by atoms with van der Waals surface area (Å²) in [5.41, 5.74) is 2.59. The topological polar surface area (TPSA) is 49.1 Å². The second-order valence-corrected chi connectivity index (χ2v) is 5.07. The van der Waals surface area contributed by atoms with Gasteiger partial charge in [0.05, 0.1) is 23.4 Å². The average molecular weight is 267 g/mol. The zero-order chi connectivity index (χ0) is 13.9. The first-order valence-electron chi connectivity index (χ1n) is 6.88. The Morgan fingerprint density at radius 3 is 2.90 bits per heavy atom. The zero-order valence-electron chi connectivity index (χ0n) is 11.5. The quantitative estimate of drug-likeness (QED) is 0.835. The highest BCUT2D eigenvalue weighted by atomic mass is 16.5. The molecular weight excluding hydrogens is 250 g/mol. The molecule has 20 heavy (non-hydrogen) atoms. The van der Waals surface area contributed by atoms with Crippen LogP contribution < -0.4 is 4.90 Å². The van der Waals surface area contributed by atoms with Crippen LogP contribution in [0.3, 0.4) is 0 Å². The molecule has 0 saturated heterocycles. The number of pyridine rings is 1. The van der Waals surface area contributed by atoms with Crippen molar-refractivity contribution in [1.29, 1.82) is 5.26 Å². The highest BCUT2D eigenvalue weighted by Gasteiger charge is 2.31. The first kappa shape index (κ1) is 12.9. The van der Waals surface area contributed by atoms with Gasteiger partial charge in [-0.15, -0.1) is 0 Å². The summed E-state index contributed by atoms with van der Waals surface area (Å²) < 4.78 is 5.22. The Labute approximate surface area is 118 Å². The van der Waals surface area contributed by atoms with Gasteiger partial charge in [-0.1, -0.05) is 18.2 Å². The lowest BCUT2D eigenvalue weighted by Crippen LogP contribution is -2.30. The molecule has 0 aliphatic heterocycles. The number of rotatable bonds is 5. The molecule has 0 atom stereocenters. The molecule has 1 aliphatic rings. The van der Waals surface area contributed by atoms with Crippen LogP contribution in [0, 0.1) is 11.3 Å². The van der Waals surface area contributed by atoms with Crippen molar-refractivity contribution in [2.45, 2.75) is 18.9 Å². The maximum Gasteiger partial charge on any atom is 0.103 e. The second kappa shape index (κ2) is 5.48. The zero-order valence-corrected chi connectivity index (χ0v) is 11.5. The van der Waals surface area contributed by atoms with E-state index in [0.717, 1.165) is 23.1 Å². The van der Waals surface area contributed by atoms with Crippen molar-refractivity contribution in [3.63, 3.8) is 0 Å². The van der Waals surface area contributed by atoms with E-state index in [1.165, 1.54) is 12.8 Å². The van der Waals surface area contributed by atoms with Crippen LogP contribution >= 0.6 is 0 Å². The number of para-hydroxylation sites is 1. The summed E-state index contributed by atoms with van der Waals surface area (Å²) >= 11 is 0. The molecule has 1 aromatic carbocycles. The van der Waals surface area contributed by atoms with Gasteiger partial charge < -0.3 is 9.64 Å². The first-order chi connectivity index (χ1) is 9.85. The molecule has 4 nitrogen and oxygen atoms in total. The van der Waals surface area contributed by atoms with Crippen LogP contribution in [0.25, 0.3) is 10.9 Å². The van der Waals surface area contributed by atoms with Crippen molar-refractivity contribution in [1.82, 2.24) is 4.98 Å². The molecule has 2 aromatic rings. The summed E-state index contributed by atoms with van der Waals surface area (Å²) in [6.45, 7) is 1.47. The number of hydrogen-bond acceptors (Lipinski definition) is 4. The maximum atomic E-state index is 9.41. The Kier molecular flexibility index (Phi) is 3.53. The van der Waals surface area contributed by atoms with Gasteiger partial charge in [0.15, 0.2) is 0 Å². The number of benzene rings is 1. The van der Waals surface area contributed by atoms with Crippen molar-refractivity contribution >= 4 is 16.6 Å². The molecule has 0 radical (unpaired) electrons. The molecule has 1 aromatic heterocycles. The van der Waals surface area contributed by atoms with Gasteiger partial charge in [-0.25, -0.2) is 0 Å². The predicted molar refractivity (Wildman–Crippen MR) is 78.7 cm³/mol. The van der Waals surface area contributed by atoms with E-state index in [0.29, 0.717) is 18.2 Å². The molecule has 0 N–H and O–H groups in total. The number of anilines is 1. The minimum absolute atomic E-state index is 0.531. The Morgan fingerprint density at radius 1 is 1.40 bits per heavy atom. The van der Waals surface area contributed by atoms with Crippen LogP contribution in [0.4, 0.5) is 5.69 Å². The molecule has 1 saturated carbocycles. The molecule has 1 fully saturated rings. The van der Waals surface area contributed by atoms with Gasteiger partial charge in [0, 0.05) is 31.3 Å². The van der Waals surface area contributed by atoms with E-state index in [-0.39, 0.29) is 0 Å². The highest BCUT2D eigenvalue weighted by Crippen LogP contribution is 2.37. The normalized spacial score (nSPS) is 14.2. The minimum Gasteiger partial charge on any atom is -0.383 e. The van der Waals surface area contributed by atoms with Crippen molar-refractivity contribution in [3.05, 3.63) is 36.0 Å². The van der Waals surface area contributed by atoms with Crippen LogP contribution in [-0.4, -0.2) is 31.3 Å². The first-order valence-corrected chi connectivity index (χ1v) is 6.88. The van der Waals surface area contributed by atoms with E-state index in [9.17, 15) is 5.26 Å². The Balaban J connectivity index is 2.13. The van der Waals surface area contributed by atoms with E-state index in [1.54, 1.807) is 13.3 Å². The lowest BCUT2D eigenvalue weighted by atomic mass is 10.1. The minimum atomic E-state index is 0.531. The lowest BCUT2D eigenvalue weighted by molar-refractivity contribution is 0.205. The fourth-order valence-electron chi connectivity index (χ4n) is 2.57. The van der Waals surface area contributed by atoms with E-state index in [4.69, 9.17) is 4.74 Å². The number of ether oxygens (including phenoxy) is 1. The number of hydrogen-bond donors (Lipinski definition) is 0. The largest absolute Gasteiger partial charge is 0.383 e. The Hall–Kier alpha value is -2.12.